The first-order valence-electron chi connectivity index (χ1n) is 5.37. The molecule has 1 saturated heterocycles. The molecule has 0 aromatic carbocycles. The van der Waals surface area contributed by atoms with E-state index in [-0.39, 0.29) is 0 Å². The van der Waals surface area contributed by atoms with Crippen LogP contribution in [0.15, 0.2) is 12.4 Å². The predicted molar refractivity (Wildman–Crippen MR) is 61.9 cm³/mol. The molecule has 0 spiro atoms. The average molecular weight is 228 g/mol. The smallest absolute Gasteiger partial charge is 0.0534 e. The molecule has 0 amide bonds. The van der Waals surface area contributed by atoms with Crippen LogP contribution >= 0.6 is 11.6 Å². The van der Waals surface area contributed by atoms with E-state index in [2.05, 4.69) is 23.1 Å². The summed E-state index contributed by atoms with van der Waals surface area (Å²) in [4.78, 5) is 2.46. The van der Waals surface area contributed by atoms with Crippen LogP contribution in [0.5, 0.6) is 0 Å². The Morgan fingerprint density at radius 2 is 2.40 bits per heavy atom. The van der Waals surface area contributed by atoms with Gasteiger partial charge in [0.1, 0.15) is 0 Å². The molecule has 4 heteroatoms. The molecular formula is C11H18ClN3. The summed E-state index contributed by atoms with van der Waals surface area (Å²) in [5.74, 6) is 0.760. The van der Waals surface area contributed by atoms with Gasteiger partial charge in [-0.15, -0.1) is 11.6 Å². The summed E-state index contributed by atoms with van der Waals surface area (Å²) in [7, 11) is 1.95. The van der Waals surface area contributed by atoms with Crippen molar-refractivity contribution in [3.8, 4) is 0 Å². The highest BCUT2D eigenvalue weighted by atomic mass is 35.5. The maximum Gasteiger partial charge on any atom is 0.0534 e. The Kier molecular flexibility index (Phi) is 3.03. The minimum Gasteiger partial charge on any atom is -0.298 e. The summed E-state index contributed by atoms with van der Waals surface area (Å²) >= 11 is 5.98. The fraction of sp³-hybridized carbons (Fsp3) is 0.727. The quantitative estimate of drug-likeness (QED) is 0.736. The molecule has 0 aliphatic carbocycles. The third-order valence-corrected chi connectivity index (χ3v) is 3.77. The standard InChI is InChI=1S/C11H18ClN3/c1-11(8-12)3-4-15(9-11)7-10-5-13-14(2)6-10/h5-6H,3-4,7-9H2,1-2H3. The molecule has 2 heterocycles. The van der Waals surface area contributed by atoms with Crippen molar-refractivity contribution in [3.63, 3.8) is 0 Å². The van der Waals surface area contributed by atoms with Crippen molar-refractivity contribution in [1.82, 2.24) is 14.7 Å². The van der Waals surface area contributed by atoms with Crippen molar-refractivity contribution < 1.29 is 0 Å². The lowest BCUT2D eigenvalue weighted by Crippen LogP contribution is -2.25. The van der Waals surface area contributed by atoms with Gasteiger partial charge in [0.2, 0.25) is 0 Å². The van der Waals surface area contributed by atoms with Crippen LogP contribution in [-0.4, -0.2) is 33.6 Å². The molecule has 0 radical (unpaired) electrons. The van der Waals surface area contributed by atoms with Crippen molar-refractivity contribution in [2.75, 3.05) is 19.0 Å². The van der Waals surface area contributed by atoms with Crippen LogP contribution in [-0.2, 0) is 13.6 Å². The molecule has 0 N–H and O–H groups in total. The molecule has 0 bridgehead atoms. The van der Waals surface area contributed by atoms with Gasteiger partial charge in [-0.05, 0) is 18.4 Å². The Labute approximate surface area is 96.0 Å². The molecule has 0 saturated carbocycles. The summed E-state index contributed by atoms with van der Waals surface area (Å²) in [6, 6.07) is 0. The highest BCUT2D eigenvalue weighted by Gasteiger charge is 2.32. The number of alkyl halides is 1. The van der Waals surface area contributed by atoms with Gasteiger partial charge < -0.3 is 0 Å². The maximum atomic E-state index is 5.98. The van der Waals surface area contributed by atoms with E-state index in [1.165, 1.54) is 12.0 Å². The van der Waals surface area contributed by atoms with Crippen molar-refractivity contribution >= 4 is 11.6 Å². The third-order valence-electron chi connectivity index (χ3n) is 3.12. The largest absolute Gasteiger partial charge is 0.298 e. The summed E-state index contributed by atoms with van der Waals surface area (Å²) < 4.78 is 1.85. The second-order valence-corrected chi connectivity index (χ2v) is 5.19. The van der Waals surface area contributed by atoms with Crippen LogP contribution < -0.4 is 0 Å². The van der Waals surface area contributed by atoms with E-state index < -0.39 is 0 Å². The fourth-order valence-corrected chi connectivity index (χ4v) is 2.40. The van der Waals surface area contributed by atoms with E-state index in [1.807, 2.05) is 17.9 Å². The minimum atomic E-state index is 0.309. The molecule has 1 aliphatic rings. The molecule has 2 rings (SSSR count). The molecule has 1 aromatic rings. The number of aromatic nitrogens is 2. The number of likely N-dealkylation sites (tertiary alicyclic amines) is 1. The SMILES string of the molecule is Cn1cc(CN2CCC(C)(CCl)C2)cn1. The Bertz CT molecular complexity index is 336. The summed E-state index contributed by atoms with van der Waals surface area (Å²) in [6.07, 6.45) is 5.23. The monoisotopic (exact) mass is 227 g/mol. The lowest BCUT2D eigenvalue weighted by atomic mass is 9.93. The lowest BCUT2D eigenvalue weighted by Gasteiger charge is -2.21. The van der Waals surface area contributed by atoms with Gasteiger partial charge in [0.05, 0.1) is 6.20 Å². The Balaban J connectivity index is 1.92. The molecular weight excluding hydrogens is 210 g/mol. The highest BCUT2D eigenvalue weighted by molar-refractivity contribution is 6.18. The average Bonchev–Trinajstić information content (AvgIpc) is 2.76. The molecule has 3 nitrogen and oxygen atoms in total. The maximum absolute atomic E-state index is 5.98. The van der Waals surface area contributed by atoms with Gasteiger partial charge in [-0.2, -0.15) is 5.10 Å². The van der Waals surface area contributed by atoms with E-state index in [9.17, 15) is 0 Å². The van der Waals surface area contributed by atoms with Gasteiger partial charge in [-0.25, -0.2) is 0 Å². The van der Waals surface area contributed by atoms with Crippen LogP contribution in [0.3, 0.4) is 0 Å². The van der Waals surface area contributed by atoms with E-state index in [0.717, 1.165) is 25.5 Å². The summed E-state index contributed by atoms with van der Waals surface area (Å²) in [6.45, 7) is 5.52. The van der Waals surface area contributed by atoms with Crippen LogP contribution in [0.4, 0.5) is 0 Å². The highest BCUT2D eigenvalue weighted by Crippen LogP contribution is 2.31. The summed E-state index contributed by atoms with van der Waals surface area (Å²) in [5.41, 5.74) is 1.60. The number of nitrogens with zero attached hydrogens (tertiary/aromatic N) is 3. The van der Waals surface area contributed by atoms with Gasteiger partial charge in [-0.1, -0.05) is 6.92 Å². The number of hydrogen-bond donors (Lipinski definition) is 0. The molecule has 1 aromatic heterocycles. The van der Waals surface area contributed by atoms with E-state index in [4.69, 9.17) is 11.6 Å². The third kappa shape index (κ3) is 2.52. The van der Waals surface area contributed by atoms with Gasteiger partial charge in [0.25, 0.3) is 0 Å². The normalized spacial score (nSPS) is 27.4. The topological polar surface area (TPSA) is 21.1 Å². The van der Waals surface area contributed by atoms with Crippen molar-refractivity contribution in [3.05, 3.63) is 18.0 Å². The van der Waals surface area contributed by atoms with Gasteiger partial charge in [0.15, 0.2) is 0 Å². The molecule has 1 fully saturated rings. The van der Waals surface area contributed by atoms with E-state index in [0.29, 0.717) is 5.41 Å². The van der Waals surface area contributed by atoms with Crippen LogP contribution in [0.25, 0.3) is 0 Å². The lowest BCUT2D eigenvalue weighted by molar-refractivity contribution is 0.286. The van der Waals surface area contributed by atoms with Gasteiger partial charge >= 0.3 is 0 Å². The van der Waals surface area contributed by atoms with E-state index in [1.54, 1.807) is 0 Å². The minimum absolute atomic E-state index is 0.309. The van der Waals surface area contributed by atoms with Gasteiger partial charge in [0, 0.05) is 37.8 Å². The zero-order valence-corrected chi connectivity index (χ0v) is 10.2. The number of halogens is 1. The van der Waals surface area contributed by atoms with E-state index >= 15 is 0 Å². The van der Waals surface area contributed by atoms with Crippen molar-refractivity contribution in [1.29, 1.82) is 0 Å². The second-order valence-electron chi connectivity index (χ2n) is 4.93. The Morgan fingerprint density at radius 3 is 2.93 bits per heavy atom. The van der Waals surface area contributed by atoms with Crippen LogP contribution in [0.1, 0.15) is 18.9 Å². The molecule has 1 aliphatic heterocycles. The first kappa shape index (κ1) is 11.0. The van der Waals surface area contributed by atoms with Crippen molar-refractivity contribution in [2.45, 2.75) is 19.9 Å². The van der Waals surface area contributed by atoms with Crippen LogP contribution in [0.2, 0.25) is 0 Å². The zero-order chi connectivity index (χ0) is 10.9. The molecule has 15 heavy (non-hydrogen) atoms. The second kappa shape index (κ2) is 4.14. The van der Waals surface area contributed by atoms with Crippen LogP contribution in [0, 0.1) is 5.41 Å². The molecule has 1 atom stereocenters. The first-order chi connectivity index (χ1) is 7.11. The van der Waals surface area contributed by atoms with Gasteiger partial charge in [-0.3, -0.25) is 9.58 Å². The Hall–Kier alpha value is -0.540. The Morgan fingerprint density at radius 1 is 1.60 bits per heavy atom. The zero-order valence-electron chi connectivity index (χ0n) is 9.41. The number of aryl methyl sites for hydroxylation is 1. The number of rotatable bonds is 3. The first-order valence-corrected chi connectivity index (χ1v) is 5.91. The number of hydrogen-bond acceptors (Lipinski definition) is 2. The summed E-state index contributed by atoms with van der Waals surface area (Å²) in [5, 5.41) is 4.18. The fourth-order valence-electron chi connectivity index (χ4n) is 2.18. The molecule has 84 valence electrons. The molecule has 1 unspecified atom stereocenters. The van der Waals surface area contributed by atoms with Crippen molar-refractivity contribution in [2.24, 2.45) is 12.5 Å². The predicted octanol–water partition coefficient (Wildman–Crippen LogP) is 1.87.